The third kappa shape index (κ3) is 4.23. The van der Waals surface area contributed by atoms with Crippen LogP contribution in [0.5, 0.6) is 5.75 Å². The van der Waals surface area contributed by atoms with Crippen LogP contribution in [-0.4, -0.2) is 19.1 Å². The third-order valence-electron chi connectivity index (χ3n) is 2.10. The molecule has 1 aromatic rings. The predicted molar refractivity (Wildman–Crippen MR) is 67.7 cm³/mol. The summed E-state index contributed by atoms with van der Waals surface area (Å²) in [5.41, 5.74) is 1.12. The minimum atomic E-state index is 0.0244. The zero-order valence-electron chi connectivity index (χ0n) is 9.55. The molecule has 0 heterocycles. The topological polar surface area (TPSA) is 38.3 Å². The maximum atomic E-state index is 11.2. The molecule has 4 heteroatoms. The highest BCUT2D eigenvalue weighted by molar-refractivity contribution is 9.10. The predicted octanol–water partition coefficient (Wildman–Crippen LogP) is 2.66. The maximum Gasteiger partial charge on any atom is 0.223 e. The number of carbonyl (C=O) groups is 1. The average molecular weight is 286 g/mol. The minimum Gasteiger partial charge on any atom is -0.493 e. The molecule has 3 nitrogen and oxygen atoms in total. The van der Waals surface area contributed by atoms with E-state index in [0.717, 1.165) is 15.8 Å². The molecule has 0 bridgehead atoms. The zero-order chi connectivity index (χ0) is 12.0. The normalized spacial score (nSPS) is 9.94. The van der Waals surface area contributed by atoms with Crippen molar-refractivity contribution in [2.45, 2.75) is 20.3 Å². The van der Waals surface area contributed by atoms with Gasteiger partial charge in [-0.15, -0.1) is 0 Å². The summed E-state index contributed by atoms with van der Waals surface area (Å²) in [6, 6.07) is 5.77. The first-order valence-electron chi connectivity index (χ1n) is 5.29. The Bertz CT molecular complexity index is 366. The molecule has 1 rings (SSSR count). The molecule has 1 amide bonds. The van der Waals surface area contributed by atoms with E-state index in [4.69, 9.17) is 4.74 Å². The number of benzene rings is 1. The molecule has 0 aliphatic heterocycles. The molecular formula is C12H16BrNO2. The average Bonchev–Trinajstić information content (AvgIpc) is 2.24. The number of carbonyl (C=O) groups excluding carboxylic acids is 1. The van der Waals surface area contributed by atoms with Gasteiger partial charge in [0, 0.05) is 11.0 Å². The lowest BCUT2D eigenvalue weighted by molar-refractivity contribution is -0.121. The molecule has 0 aliphatic rings. The molecule has 0 aromatic heterocycles. The second-order valence-electron chi connectivity index (χ2n) is 3.46. The SMILES string of the molecule is CCNC(=O)CCOc1ccc(Br)c(C)c1. The molecule has 88 valence electrons. The number of halogens is 1. The van der Waals surface area contributed by atoms with Gasteiger partial charge in [-0.05, 0) is 37.6 Å². The summed E-state index contributed by atoms with van der Waals surface area (Å²) in [6.45, 7) is 4.97. The molecule has 0 saturated heterocycles. The van der Waals surface area contributed by atoms with Crippen LogP contribution in [0.3, 0.4) is 0 Å². The van der Waals surface area contributed by atoms with Gasteiger partial charge in [-0.1, -0.05) is 15.9 Å². The number of hydrogen-bond acceptors (Lipinski definition) is 2. The third-order valence-corrected chi connectivity index (χ3v) is 2.99. The van der Waals surface area contributed by atoms with Crippen LogP contribution in [-0.2, 0) is 4.79 Å². The summed E-state index contributed by atoms with van der Waals surface area (Å²) in [7, 11) is 0. The number of hydrogen-bond donors (Lipinski definition) is 1. The summed E-state index contributed by atoms with van der Waals surface area (Å²) in [5, 5.41) is 2.73. The Morgan fingerprint density at radius 3 is 2.88 bits per heavy atom. The van der Waals surface area contributed by atoms with E-state index >= 15 is 0 Å². The smallest absolute Gasteiger partial charge is 0.223 e. The number of aryl methyl sites for hydroxylation is 1. The largest absolute Gasteiger partial charge is 0.493 e. The van der Waals surface area contributed by atoms with Crippen LogP contribution in [0.2, 0.25) is 0 Å². The quantitative estimate of drug-likeness (QED) is 0.903. The van der Waals surface area contributed by atoms with Crippen molar-refractivity contribution in [1.82, 2.24) is 5.32 Å². The van der Waals surface area contributed by atoms with E-state index in [1.54, 1.807) is 0 Å². The standard InChI is InChI=1S/C12H16BrNO2/c1-3-14-12(15)6-7-16-10-4-5-11(13)9(2)8-10/h4-5,8H,3,6-7H2,1-2H3,(H,14,15). The molecule has 0 saturated carbocycles. The van der Waals surface area contributed by atoms with Crippen molar-refractivity contribution in [3.63, 3.8) is 0 Å². The molecule has 0 radical (unpaired) electrons. The molecule has 0 aliphatic carbocycles. The van der Waals surface area contributed by atoms with Gasteiger partial charge >= 0.3 is 0 Å². The molecule has 0 fully saturated rings. The second kappa shape index (κ2) is 6.53. The highest BCUT2D eigenvalue weighted by Crippen LogP contribution is 2.21. The van der Waals surface area contributed by atoms with Gasteiger partial charge in [0.05, 0.1) is 13.0 Å². The summed E-state index contributed by atoms with van der Waals surface area (Å²) >= 11 is 3.42. The maximum absolute atomic E-state index is 11.2. The Hall–Kier alpha value is -1.03. The molecule has 1 N–H and O–H groups in total. The van der Waals surface area contributed by atoms with Gasteiger partial charge < -0.3 is 10.1 Å². The minimum absolute atomic E-state index is 0.0244. The summed E-state index contributed by atoms with van der Waals surface area (Å²) < 4.78 is 6.54. The number of rotatable bonds is 5. The first-order valence-corrected chi connectivity index (χ1v) is 6.08. The van der Waals surface area contributed by atoms with Gasteiger partial charge in [-0.2, -0.15) is 0 Å². The second-order valence-corrected chi connectivity index (χ2v) is 4.32. The fraction of sp³-hybridized carbons (Fsp3) is 0.417. The first kappa shape index (κ1) is 13.0. The van der Waals surface area contributed by atoms with Gasteiger partial charge in [0.1, 0.15) is 5.75 Å². The Morgan fingerprint density at radius 1 is 1.50 bits per heavy atom. The first-order chi connectivity index (χ1) is 7.63. The zero-order valence-corrected chi connectivity index (χ0v) is 11.1. The Labute approximate surface area is 104 Å². The van der Waals surface area contributed by atoms with Crippen molar-refractivity contribution >= 4 is 21.8 Å². The molecule has 0 unspecified atom stereocenters. The van der Waals surface area contributed by atoms with Crippen LogP contribution < -0.4 is 10.1 Å². The van der Waals surface area contributed by atoms with Gasteiger partial charge in [0.15, 0.2) is 0 Å². The van der Waals surface area contributed by atoms with E-state index in [2.05, 4.69) is 21.2 Å². The van der Waals surface area contributed by atoms with E-state index in [0.29, 0.717) is 19.6 Å². The van der Waals surface area contributed by atoms with Crippen LogP contribution >= 0.6 is 15.9 Å². The van der Waals surface area contributed by atoms with E-state index in [9.17, 15) is 4.79 Å². The number of nitrogens with one attached hydrogen (secondary N) is 1. The highest BCUT2D eigenvalue weighted by atomic mass is 79.9. The van der Waals surface area contributed by atoms with Crippen LogP contribution in [0.15, 0.2) is 22.7 Å². The van der Waals surface area contributed by atoms with Crippen molar-refractivity contribution < 1.29 is 9.53 Å². The van der Waals surface area contributed by atoms with Gasteiger partial charge in [-0.3, -0.25) is 4.79 Å². The van der Waals surface area contributed by atoms with Gasteiger partial charge in [0.25, 0.3) is 0 Å². The van der Waals surface area contributed by atoms with Crippen molar-refractivity contribution in [2.24, 2.45) is 0 Å². The number of ether oxygens (including phenoxy) is 1. The summed E-state index contributed by atoms with van der Waals surface area (Å²) in [6.07, 6.45) is 0.392. The van der Waals surface area contributed by atoms with Crippen molar-refractivity contribution in [3.8, 4) is 5.75 Å². The lowest BCUT2D eigenvalue weighted by Gasteiger charge is -2.07. The number of amides is 1. The van der Waals surface area contributed by atoms with Crippen LogP contribution in [0.1, 0.15) is 18.9 Å². The van der Waals surface area contributed by atoms with Crippen molar-refractivity contribution in [1.29, 1.82) is 0 Å². The van der Waals surface area contributed by atoms with E-state index in [1.807, 2.05) is 32.0 Å². The molecular weight excluding hydrogens is 270 g/mol. The van der Waals surface area contributed by atoms with Crippen molar-refractivity contribution in [2.75, 3.05) is 13.2 Å². The van der Waals surface area contributed by atoms with Gasteiger partial charge in [0.2, 0.25) is 5.91 Å². The Kier molecular flexibility index (Phi) is 5.32. The van der Waals surface area contributed by atoms with E-state index < -0.39 is 0 Å². The monoisotopic (exact) mass is 285 g/mol. The molecule has 16 heavy (non-hydrogen) atoms. The summed E-state index contributed by atoms with van der Waals surface area (Å²) in [4.78, 5) is 11.2. The lowest BCUT2D eigenvalue weighted by atomic mass is 10.2. The Morgan fingerprint density at radius 2 is 2.25 bits per heavy atom. The van der Waals surface area contributed by atoms with E-state index in [1.165, 1.54) is 0 Å². The van der Waals surface area contributed by atoms with Crippen LogP contribution in [0.25, 0.3) is 0 Å². The lowest BCUT2D eigenvalue weighted by Crippen LogP contribution is -2.24. The van der Waals surface area contributed by atoms with Gasteiger partial charge in [-0.25, -0.2) is 0 Å². The fourth-order valence-corrected chi connectivity index (χ4v) is 1.50. The van der Waals surface area contributed by atoms with E-state index in [-0.39, 0.29) is 5.91 Å². The van der Waals surface area contributed by atoms with Crippen molar-refractivity contribution in [3.05, 3.63) is 28.2 Å². The fourth-order valence-electron chi connectivity index (χ4n) is 1.25. The summed E-state index contributed by atoms with van der Waals surface area (Å²) in [5.74, 6) is 0.821. The molecule has 0 atom stereocenters. The molecule has 1 aromatic carbocycles. The highest BCUT2D eigenvalue weighted by Gasteiger charge is 2.01. The van der Waals surface area contributed by atoms with Crippen LogP contribution in [0.4, 0.5) is 0 Å². The van der Waals surface area contributed by atoms with Crippen LogP contribution in [0, 0.1) is 6.92 Å². The molecule has 0 spiro atoms. The Balaban J connectivity index is 2.37.